The summed E-state index contributed by atoms with van der Waals surface area (Å²) in [5.41, 5.74) is 2.40. The maximum Gasteiger partial charge on any atom is 0.319 e. The first-order valence-corrected chi connectivity index (χ1v) is 10.9. The number of aromatic nitrogens is 3. The van der Waals surface area contributed by atoms with Crippen LogP contribution in [-0.4, -0.2) is 49.7 Å². The summed E-state index contributed by atoms with van der Waals surface area (Å²) in [5, 5.41) is 15.4. The van der Waals surface area contributed by atoms with Gasteiger partial charge in [0.2, 0.25) is 11.8 Å². The van der Waals surface area contributed by atoms with E-state index in [2.05, 4.69) is 26.3 Å². The Hall–Kier alpha value is -4.61. The van der Waals surface area contributed by atoms with Crippen molar-refractivity contribution in [2.45, 2.75) is 32.0 Å². The van der Waals surface area contributed by atoms with Gasteiger partial charge in [-0.25, -0.2) is 13.9 Å². The minimum Gasteiger partial charge on any atom is -0.332 e. The lowest BCUT2D eigenvalue weighted by Crippen LogP contribution is -2.52. The first-order chi connectivity index (χ1) is 16.9. The summed E-state index contributed by atoms with van der Waals surface area (Å²) in [6.45, 7) is 0.306. The second-order valence-corrected chi connectivity index (χ2v) is 8.18. The number of hydrogen-bond donors (Lipinski definition) is 3. The molecular formula is C23H20FN7O4. The molecule has 2 aliphatic rings. The highest BCUT2D eigenvalue weighted by atomic mass is 19.1. The molecule has 3 heterocycles. The van der Waals surface area contributed by atoms with Gasteiger partial charge in [0, 0.05) is 18.5 Å². The number of hydrogen-bond acceptors (Lipinski definition) is 6. The molecule has 0 spiro atoms. The molecule has 1 atom stereocenters. The van der Waals surface area contributed by atoms with Crippen molar-refractivity contribution in [3.05, 3.63) is 71.3 Å². The Bertz CT molecular complexity index is 1360. The van der Waals surface area contributed by atoms with E-state index < -0.39 is 23.8 Å². The minimum atomic E-state index is -0.685. The predicted molar refractivity (Wildman–Crippen MR) is 120 cm³/mol. The summed E-state index contributed by atoms with van der Waals surface area (Å²) in [6.07, 6.45) is 2.11. The Morgan fingerprint density at radius 3 is 2.80 bits per heavy atom. The number of fused-ring (bicyclic) bond motifs is 1. The van der Waals surface area contributed by atoms with Crippen LogP contribution in [0.15, 0.2) is 48.7 Å². The molecule has 0 bridgehead atoms. The first kappa shape index (κ1) is 22.2. The molecule has 1 fully saturated rings. The normalized spacial score (nSPS) is 17.2. The molecule has 2 aliphatic heterocycles. The Balaban J connectivity index is 1.23. The van der Waals surface area contributed by atoms with Crippen LogP contribution in [0.1, 0.15) is 34.5 Å². The number of rotatable bonds is 5. The molecule has 3 aromatic rings. The van der Waals surface area contributed by atoms with Crippen LogP contribution in [0.5, 0.6) is 0 Å². The van der Waals surface area contributed by atoms with Crippen LogP contribution in [0.4, 0.5) is 14.9 Å². The summed E-state index contributed by atoms with van der Waals surface area (Å²) in [6, 6.07) is 9.72. The highest BCUT2D eigenvalue weighted by molar-refractivity contribution is 6.05. The van der Waals surface area contributed by atoms with Crippen molar-refractivity contribution in [2.75, 3.05) is 5.32 Å². The van der Waals surface area contributed by atoms with Gasteiger partial charge in [0.1, 0.15) is 17.6 Å². The van der Waals surface area contributed by atoms with Crippen molar-refractivity contribution >= 4 is 29.4 Å². The maximum absolute atomic E-state index is 13.7. The fourth-order valence-corrected chi connectivity index (χ4v) is 4.11. The van der Waals surface area contributed by atoms with Gasteiger partial charge in [-0.1, -0.05) is 17.3 Å². The number of nitrogens with one attached hydrogen (secondary N) is 3. The average Bonchev–Trinajstić information content (AvgIpc) is 3.44. The van der Waals surface area contributed by atoms with Crippen LogP contribution in [0.2, 0.25) is 0 Å². The summed E-state index contributed by atoms with van der Waals surface area (Å²) in [4.78, 5) is 50.0. The quantitative estimate of drug-likeness (QED) is 0.476. The van der Waals surface area contributed by atoms with E-state index in [4.69, 9.17) is 0 Å². The largest absolute Gasteiger partial charge is 0.332 e. The summed E-state index contributed by atoms with van der Waals surface area (Å²) in [5.74, 6) is -1.60. The zero-order chi connectivity index (χ0) is 24.5. The molecule has 0 radical (unpaired) electrons. The van der Waals surface area contributed by atoms with Crippen LogP contribution in [0, 0.1) is 5.82 Å². The lowest BCUT2D eigenvalue weighted by Gasteiger charge is -2.29. The third-order valence-corrected chi connectivity index (χ3v) is 5.86. The van der Waals surface area contributed by atoms with Crippen molar-refractivity contribution < 1.29 is 23.6 Å². The summed E-state index contributed by atoms with van der Waals surface area (Å²) < 4.78 is 15.2. The highest BCUT2D eigenvalue weighted by Gasteiger charge is 2.39. The number of carbonyl (C=O) groups is 4. The van der Waals surface area contributed by atoms with E-state index in [9.17, 15) is 23.6 Å². The van der Waals surface area contributed by atoms with Crippen LogP contribution in [-0.2, 0) is 22.7 Å². The van der Waals surface area contributed by atoms with E-state index in [0.717, 1.165) is 5.56 Å². The number of urea groups is 1. The lowest BCUT2D eigenvalue weighted by molar-refractivity contribution is -0.136. The number of imide groups is 1. The van der Waals surface area contributed by atoms with E-state index in [1.54, 1.807) is 30.5 Å². The van der Waals surface area contributed by atoms with Gasteiger partial charge in [-0.15, -0.1) is 5.10 Å². The van der Waals surface area contributed by atoms with Gasteiger partial charge in [-0.2, -0.15) is 0 Å². The highest BCUT2D eigenvalue weighted by Crippen LogP contribution is 2.29. The predicted octanol–water partition coefficient (Wildman–Crippen LogP) is 1.49. The SMILES string of the molecule is O=C1CCC(N2Cc3cc(-n4cc(CNC(=O)Nc5ccccc5F)nn4)ccc3C2=O)C(=O)N1. The van der Waals surface area contributed by atoms with Crippen molar-refractivity contribution in [1.82, 2.24) is 30.5 Å². The number of nitrogens with zero attached hydrogens (tertiary/aromatic N) is 4. The van der Waals surface area contributed by atoms with Crippen LogP contribution in [0.3, 0.4) is 0 Å². The van der Waals surface area contributed by atoms with E-state index in [1.807, 2.05) is 0 Å². The fraction of sp³-hybridized carbons (Fsp3) is 0.217. The van der Waals surface area contributed by atoms with Crippen LogP contribution in [0.25, 0.3) is 5.69 Å². The molecule has 35 heavy (non-hydrogen) atoms. The standard InChI is InChI=1S/C23H20FN7O4/c24-17-3-1-2-4-18(17)26-23(35)25-10-14-12-31(29-28-14)15-5-6-16-13(9-15)11-30(22(16)34)19-7-8-20(32)27-21(19)33/h1-6,9,12,19H,7-8,10-11H2,(H2,25,26,35)(H,27,32,33). The number of piperidine rings is 1. The molecular weight excluding hydrogens is 457 g/mol. The number of halogens is 1. The molecule has 5 rings (SSSR count). The van der Waals surface area contributed by atoms with Crippen molar-refractivity contribution in [3.63, 3.8) is 0 Å². The van der Waals surface area contributed by atoms with Gasteiger partial charge >= 0.3 is 6.03 Å². The molecule has 1 saturated heterocycles. The van der Waals surface area contributed by atoms with Crippen molar-refractivity contribution in [1.29, 1.82) is 0 Å². The molecule has 0 aliphatic carbocycles. The van der Waals surface area contributed by atoms with E-state index in [0.29, 0.717) is 23.4 Å². The molecule has 0 saturated carbocycles. The number of amides is 5. The Kier molecular flexibility index (Phi) is 5.69. The third kappa shape index (κ3) is 4.45. The maximum atomic E-state index is 13.7. The van der Waals surface area contributed by atoms with E-state index in [1.165, 1.54) is 27.8 Å². The smallest absolute Gasteiger partial charge is 0.319 e. The number of carbonyl (C=O) groups excluding carboxylic acids is 4. The average molecular weight is 477 g/mol. The van der Waals surface area contributed by atoms with Gasteiger partial charge in [0.15, 0.2) is 0 Å². The Morgan fingerprint density at radius 1 is 1.17 bits per heavy atom. The molecule has 1 unspecified atom stereocenters. The molecule has 12 heteroatoms. The fourth-order valence-electron chi connectivity index (χ4n) is 4.11. The number of para-hydroxylation sites is 1. The minimum absolute atomic E-state index is 0.0625. The van der Waals surface area contributed by atoms with Gasteiger partial charge in [0.05, 0.1) is 24.1 Å². The molecule has 11 nitrogen and oxygen atoms in total. The number of anilines is 1. The van der Waals surface area contributed by atoms with Gasteiger partial charge in [-0.3, -0.25) is 19.7 Å². The zero-order valence-corrected chi connectivity index (χ0v) is 18.3. The van der Waals surface area contributed by atoms with Crippen molar-refractivity contribution in [3.8, 4) is 5.69 Å². The third-order valence-electron chi connectivity index (χ3n) is 5.86. The van der Waals surface area contributed by atoms with Crippen LogP contribution < -0.4 is 16.0 Å². The molecule has 5 amide bonds. The lowest BCUT2D eigenvalue weighted by atomic mass is 10.0. The molecule has 2 aromatic carbocycles. The van der Waals surface area contributed by atoms with Gasteiger partial charge in [-0.05, 0) is 42.3 Å². The summed E-state index contributed by atoms with van der Waals surface area (Å²) in [7, 11) is 0. The summed E-state index contributed by atoms with van der Waals surface area (Å²) >= 11 is 0. The number of benzene rings is 2. The Morgan fingerprint density at radius 2 is 2.00 bits per heavy atom. The second-order valence-electron chi connectivity index (χ2n) is 8.18. The van der Waals surface area contributed by atoms with Crippen LogP contribution >= 0.6 is 0 Å². The van der Waals surface area contributed by atoms with Gasteiger partial charge in [0.25, 0.3) is 5.91 Å². The molecule has 3 N–H and O–H groups in total. The van der Waals surface area contributed by atoms with E-state index >= 15 is 0 Å². The zero-order valence-electron chi connectivity index (χ0n) is 18.3. The Labute approximate surface area is 198 Å². The van der Waals surface area contributed by atoms with E-state index in [-0.39, 0.29) is 37.0 Å². The second kappa shape index (κ2) is 8.97. The van der Waals surface area contributed by atoms with Crippen molar-refractivity contribution in [2.24, 2.45) is 0 Å². The monoisotopic (exact) mass is 477 g/mol. The topological polar surface area (TPSA) is 138 Å². The first-order valence-electron chi connectivity index (χ1n) is 10.9. The molecule has 178 valence electrons. The van der Waals surface area contributed by atoms with Gasteiger partial charge < -0.3 is 15.5 Å². The molecule has 1 aromatic heterocycles.